The lowest BCUT2D eigenvalue weighted by Crippen LogP contribution is -2.07. The number of hydrogen-bond donors (Lipinski definition) is 2. The number of rotatable bonds is 4. The molecule has 0 unspecified atom stereocenters. The smallest absolute Gasteiger partial charge is 0.254 e. The van der Waals surface area contributed by atoms with Gasteiger partial charge in [0.25, 0.3) is 5.78 Å². The van der Waals surface area contributed by atoms with Gasteiger partial charge in [-0.25, -0.2) is 9.37 Å². The first-order valence-corrected chi connectivity index (χ1v) is 6.58. The summed E-state index contributed by atoms with van der Waals surface area (Å²) in [5.74, 6) is 0.273. The number of fused-ring (bicyclic) bond motifs is 1. The van der Waals surface area contributed by atoms with Crippen molar-refractivity contribution >= 4 is 11.6 Å². The molecule has 0 spiro atoms. The monoisotopic (exact) mass is 287 g/mol. The number of benzene rings is 1. The molecule has 1 aromatic carbocycles. The van der Waals surface area contributed by atoms with Crippen LogP contribution in [0.4, 0.5) is 10.2 Å². The maximum atomic E-state index is 13.3. The predicted octanol–water partition coefficient (Wildman–Crippen LogP) is 2.14. The molecule has 2 heterocycles. The van der Waals surface area contributed by atoms with Gasteiger partial charge in [0, 0.05) is 18.3 Å². The van der Waals surface area contributed by atoms with E-state index in [9.17, 15) is 9.50 Å². The lowest BCUT2D eigenvalue weighted by Gasteiger charge is -2.09. The van der Waals surface area contributed by atoms with E-state index in [1.807, 2.05) is 13.0 Å². The highest BCUT2D eigenvalue weighted by molar-refractivity contribution is 5.45. The van der Waals surface area contributed by atoms with E-state index in [-0.39, 0.29) is 5.75 Å². The first-order chi connectivity index (χ1) is 10.2. The molecule has 0 atom stereocenters. The highest BCUT2D eigenvalue weighted by Crippen LogP contribution is 2.18. The Morgan fingerprint density at radius 3 is 2.95 bits per heavy atom. The van der Waals surface area contributed by atoms with Crippen molar-refractivity contribution < 1.29 is 9.50 Å². The normalized spacial score (nSPS) is 11.0. The molecule has 108 valence electrons. The molecule has 0 radical (unpaired) electrons. The van der Waals surface area contributed by atoms with Crippen molar-refractivity contribution in [2.45, 2.75) is 19.9 Å². The van der Waals surface area contributed by atoms with Crippen molar-refractivity contribution in [2.75, 3.05) is 5.32 Å². The maximum Gasteiger partial charge on any atom is 0.254 e. The van der Waals surface area contributed by atoms with Crippen LogP contribution in [0.1, 0.15) is 18.2 Å². The summed E-state index contributed by atoms with van der Waals surface area (Å²) in [6, 6.07) is 6.18. The van der Waals surface area contributed by atoms with Crippen LogP contribution >= 0.6 is 0 Å². The zero-order valence-corrected chi connectivity index (χ0v) is 11.4. The third kappa shape index (κ3) is 2.62. The Kier molecular flexibility index (Phi) is 3.39. The molecule has 0 amide bonds. The Balaban J connectivity index is 1.87. The van der Waals surface area contributed by atoms with Gasteiger partial charge in [-0.3, -0.25) is 0 Å². The number of phenols is 1. The highest BCUT2D eigenvalue weighted by Gasteiger charge is 2.07. The van der Waals surface area contributed by atoms with Gasteiger partial charge in [0.05, 0.1) is 0 Å². The lowest BCUT2D eigenvalue weighted by molar-refractivity contribution is 0.432. The number of nitrogens with zero attached hydrogens (tertiary/aromatic N) is 4. The number of aryl methyl sites for hydroxylation is 1. The Bertz CT molecular complexity index is 786. The molecule has 0 saturated heterocycles. The van der Waals surface area contributed by atoms with E-state index >= 15 is 0 Å². The van der Waals surface area contributed by atoms with Crippen molar-refractivity contribution in [1.82, 2.24) is 19.6 Å². The summed E-state index contributed by atoms with van der Waals surface area (Å²) in [6.07, 6.45) is 2.22. The SMILES string of the molecule is CCc1cc(NCc2ccc(O)c(F)c2)n2ncnc2n1. The largest absolute Gasteiger partial charge is 0.505 e. The van der Waals surface area contributed by atoms with Crippen LogP contribution in [0, 0.1) is 5.82 Å². The zero-order valence-electron chi connectivity index (χ0n) is 11.4. The molecule has 7 heteroatoms. The average Bonchev–Trinajstić information content (AvgIpc) is 2.96. The number of anilines is 1. The molecule has 2 N–H and O–H groups in total. The standard InChI is InChI=1S/C14H14FN5O/c1-2-10-6-13(20-14(19-10)17-8-18-20)16-7-9-3-4-12(21)11(15)5-9/h3-6,8,16,21H,2,7H2,1H3. The van der Waals surface area contributed by atoms with Crippen molar-refractivity contribution in [3.05, 3.63) is 47.7 Å². The summed E-state index contributed by atoms with van der Waals surface area (Å²) >= 11 is 0. The van der Waals surface area contributed by atoms with Gasteiger partial charge in [-0.15, -0.1) is 0 Å². The van der Waals surface area contributed by atoms with Crippen molar-refractivity contribution in [1.29, 1.82) is 0 Å². The van der Waals surface area contributed by atoms with Gasteiger partial charge < -0.3 is 10.4 Å². The molecule has 0 bridgehead atoms. The summed E-state index contributed by atoms with van der Waals surface area (Å²) in [4.78, 5) is 8.43. The number of halogens is 1. The number of aromatic nitrogens is 4. The van der Waals surface area contributed by atoms with Crippen molar-refractivity contribution in [3.8, 4) is 5.75 Å². The van der Waals surface area contributed by atoms with Crippen LogP contribution in [-0.2, 0) is 13.0 Å². The second-order valence-corrected chi connectivity index (χ2v) is 4.60. The van der Waals surface area contributed by atoms with E-state index in [1.165, 1.54) is 18.5 Å². The van der Waals surface area contributed by atoms with Crippen LogP contribution in [0.15, 0.2) is 30.6 Å². The van der Waals surface area contributed by atoms with Gasteiger partial charge in [0.1, 0.15) is 12.1 Å². The molecular weight excluding hydrogens is 273 g/mol. The summed E-state index contributed by atoms with van der Waals surface area (Å²) in [5.41, 5.74) is 1.61. The fraction of sp³-hybridized carbons (Fsp3) is 0.214. The third-order valence-electron chi connectivity index (χ3n) is 3.15. The van der Waals surface area contributed by atoms with E-state index < -0.39 is 5.82 Å². The fourth-order valence-corrected chi connectivity index (χ4v) is 2.02. The lowest BCUT2D eigenvalue weighted by atomic mass is 10.2. The molecule has 0 aliphatic heterocycles. The first kappa shape index (κ1) is 13.3. The highest BCUT2D eigenvalue weighted by atomic mass is 19.1. The predicted molar refractivity (Wildman–Crippen MR) is 75.6 cm³/mol. The number of hydrogen-bond acceptors (Lipinski definition) is 5. The minimum atomic E-state index is -0.635. The Morgan fingerprint density at radius 2 is 2.19 bits per heavy atom. The minimum Gasteiger partial charge on any atom is -0.505 e. The molecule has 0 aliphatic carbocycles. The van der Waals surface area contributed by atoms with Gasteiger partial charge >= 0.3 is 0 Å². The Hall–Kier alpha value is -2.70. The van der Waals surface area contributed by atoms with Crippen LogP contribution in [0.3, 0.4) is 0 Å². The van der Waals surface area contributed by atoms with Crippen LogP contribution in [-0.4, -0.2) is 24.7 Å². The number of nitrogens with one attached hydrogen (secondary N) is 1. The van der Waals surface area contributed by atoms with Gasteiger partial charge in [-0.05, 0) is 24.1 Å². The van der Waals surface area contributed by atoms with Crippen LogP contribution < -0.4 is 5.32 Å². The fourth-order valence-electron chi connectivity index (χ4n) is 2.02. The molecule has 0 aliphatic rings. The molecule has 3 rings (SSSR count). The van der Waals surface area contributed by atoms with E-state index in [4.69, 9.17) is 0 Å². The third-order valence-corrected chi connectivity index (χ3v) is 3.15. The topological polar surface area (TPSA) is 75.3 Å². The van der Waals surface area contributed by atoms with Crippen molar-refractivity contribution in [2.24, 2.45) is 0 Å². The van der Waals surface area contributed by atoms with Gasteiger partial charge in [-0.2, -0.15) is 14.6 Å². The maximum absolute atomic E-state index is 13.3. The first-order valence-electron chi connectivity index (χ1n) is 6.58. The number of phenolic OH excluding ortho intramolecular Hbond substituents is 1. The summed E-state index contributed by atoms with van der Waals surface area (Å²) < 4.78 is 14.9. The zero-order chi connectivity index (χ0) is 14.8. The van der Waals surface area contributed by atoms with Gasteiger partial charge in [0.2, 0.25) is 0 Å². The Labute approximate surface area is 120 Å². The molecular formula is C14H14FN5O. The molecule has 21 heavy (non-hydrogen) atoms. The minimum absolute atomic E-state index is 0.352. The summed E-state index contributed by atoms with van der Waals surface area (Å²) in [7, 11) is 0. The van der Waals surface area contributed by atoms with Crippen LogP contribution in [0.25, 0.3) is 5.78 Å². The molecule has 0 fully saturated rings. The van der Waals surface area contributed by atoms with Crippen LogP contribution in [0.2, 0.25) is 0 Å². The van der Waals surface area contributed by atoms with E-state index in [0.29, 0.717) is 17.9 Å². The Morgan fingerprint density at radius 1 is 1.33 bits per heavy atom. The van der Waals surface area contributed by atoms with Crippen LogP contribution in [0.5, 0.6) is 5.75 Å². The number of aromatic hydroxyl groups is 1. The molecule has 3 aromatic rings. The van der Waals surface area contributed by atoms with Gasteiger partial charge in [-0.1, -0.05) is 13.0 Å². The summed E-state index contributed by atoms with van der Waals surface area (Å²) in [6.45, 7) is 2.41. The van der Waals surface area contributed by atoms with E-state index in [0.717, 1.165) is 17.9 Å². The quantitative estimate of drug-likeness (QED) is 0.769. The average molecular weight is 287 g/mol. The molecule has 6 nitrogen and oxygen atoms in total. The second-order valence-electron chi connectivity index (χ2n) is 4.60. The molecule has 2 aromatic heterocycles. The van der Waals surface area contributed by atoms with E-state index in [1.54, 1.807) is 10.6 Å². The summed E-state index contributed by atoms with van der Waals surface area (Å²) in [5, 5.41) is 16.5. The van der Waals surface area contributed by atoms with Gasteiger partial charge in [0.15, 0.2) is 11.6 Å². The van der Waals surface area contributed by atoms with E-state index in [2.05, 4.69) is 20.4 Å². The molecule has 0 saturated carbocycles. The second kappa shape index (κ2) is 5.35. The van der Waals surface area contributed by atoms with Crippen molar-refractivity contribution in [3.63, 3.8) is 0 Å².